The van der Waals surface area contributed by atoms with Crippen molar-refractivity contribution < 1.29 is 31.6 Å². The number of ether oxygens (including phenoxy) is 1. The molecule has 4 atom stereocenters. The topological polar surface area (TPSA) is 110 Å². The van der Waals surface area contributed by atoms with Gasteiger partial charge < -0.3 is 24.5 Å². The number of fused-ring (bicyclic) bond motifs is 4. The number of carbonyl (C=O) groups excluding carboxylic acids is 1. The second-order valence-corrected chi connectivity index (χ2v) is 12.3. The molecule has 228 valence electrons. The first kappa shape index (κ1) is 28.2. The Morgan fingerprint density at radius 1 is 1.26 bits per heavy atom. The first-order chi connectivity index (χ1) is 20.7. The zero-order chi connectivity index (χ0) is 29.9. The fraction of sp³-hybridized carbons (Fsp3) is 0.500. The minimum atomic E-state index is -4.49. The van der Waals surface area contributed by atoms with Crippen LogP contribution in [-0.4, -0.2) is 74.6 Å². The Hall–Kier alpha value is -3.56. The zero-order valence-corrected chi connectivity index (χ0v) is 24.0. The minimum Gasteiger partial charge on any atom is -0.378 e. The molecule has 2 fully saturated rings. The lowest BCUT2D eigenvalue weighted by atomic mass is 9.95. The van der Waals surface area contributed by atoms with Crippen molar-refractivity contribution in [2.75, 3.05) is 19.0 Å². The van der Waals surface area contributed by atoms with E-state index in [1.807, 2.05) is 7.05 Å². The van der Waals surface area contributed by atoms with Crippen LogP contribution in [0.1, 0.15) is 47.0 Å². The van der Waals surface area contributed by atoms with Crippen LogP contribution in [-0.2, 0) is 30.9 Å². The van der Waals surface area contributed by atoms with E-state index in [4.69, 9.17) is 9.26 Å². The molecule has 3 aliphatic heterocycles. The molecule has 1 amide bonds. The average molecular weight is 620 g/mol. The lowest BCUT2D eigenvalue weighted by Gasteiger charge is -2.39. The van der Waals surface area contributed by atoms with Crippen LogP contribution >= 0.6 is 11.3 Å². The Kier molecular flexibility index (Phi) is 7.13. The van der Waals surface area contributed by atoms with Gasteiger partial charge >= 0.3 is 6.18 Å². The number of piperidine rings is 1. The molecule has 10 nitrogen and oxygen atoms in total. The number of nitrogens with zero attached hydrogens (tertiary/aromatic N) is 5. The zero-order valence-electron chi connectivity index (χ0n) is 23.2. The Labute approximate surface area is 247 Å². The summed E-state index contributed by atoms with van der Waals surface area (Å²) in [5, 5.41) is 10.4. The summed E-state index contributed by atoms with van der Waals surface area (Å²) in [6, 6.07) is 4.75. The summed E-state index contributed by atoms with van der Waals surface area (Å²) in [6.45, 7) is 1.20. The van der Waals surface area contributed by atoms with Gasteiger partial charge in [-0.05, 0) is 43.3 Å². The summed E-state index contributed by atoms with van der Waals surface area (Å²) < 4.78 is 69.8. The summed E-state index contributed by atoms with van der Waals surface area (Å²) >= 11 is 1.11. The number of halogens is 4. The molecular weight excluding hydrogens is 590 g/mol. The van der Waals surface area contributed by atoms with Crippen molar-refractivity contribution >= 4 is 33.0 Å². The number of imidazole rings is 1. The van der Waals surface area contributed by atoms with Crippen molar-refractivity contribution in [3.05, 3.63) is 47.4 Å². The molecule has 3 aromatic heterocycles. The van der Waals surface area contributed by atoms with Crippen molar-refractivity contribution in [1.82, 2.24) is 29.9 Å². The number of carbonyl (C=O) groups is 1. The monoisotopic (exact) mass is 619 g/mol. The van der Waals surface area contributed by atoms with Crippen molar-refractivity contribution in [2.24, 2.45) is 0 Å². The van der Waals surface area contributed by atoms with Gasteiger partial charge in [0.15, 0.2) is 5.82 Å². The summed E-state index contributed by atoms with van der Waals surface area (Å²) in [4.78, 5) is 23.6. The number of rotatable bonds is 7. The smallest absolute Gasteiger partial charge is 0.378 e. The molecular formula is C28H29F4N7O3S. The molecule has 2 N–H and O–H groups in total. The highest BCUT2D eigenvalue weighted by Crippen LogP contribution is 2.45. The molecule has 0 saturated carbocycles. The number of nitrogens with one attached hydrogen (secondary N) is 2. The minimum absolute atomic E-state index is 0.00769. The van der Waals surface area contributed by atoms with Gasteiger partial charge in [0, 0.05) is 18.6 Å². The largest absolute Gasteiger partial charge is 0.393 e. The molecule has 3 aliphatic rings. The van der Waals surface area contributed by atoms with Crippen LogP contribution < -0.4 is 10.6 Å². The standard InChI is InChI=1S/C28H29F4N7O3S/c1-38-14-5-6-20(38)22(29)19(9-14)35-18-4-2-3-16-17(10-28(30,31)32)24(43-23(16)18)25-36-21(42-37-25)12-34-27(40)26-33-11-15-13-41-8-7-39(15)26/h2-4,11,14,19-20,22,35H,5-10,12-13H2,1H3,(H,34,40)/t14-,19-,20+,22-/m1/s1. The SMILES string of the molecule is CN1[C@@H]2CC[C@H]1[C@H](F)[C@H](Nc1cccc3c(CC(F)(F)F)c(-c4noc(CNC(=O)c5ncc6n5CCOC6)n4)sc13)C2. The maximum Gasteiger partial charge on any atom is 0.393 e. The fourth-order valence-corrected chi connectivity index (χ4v) is 7.74. The molecule has 6 heterocycles. The first-order valence-electron chi connectivity index (χ1n) is 14.1. The van der Waals surface area contributed by atoms with Gasteiger partial charge in [-0.3, -0.25) is 9.69 Å². The van der Waals surface area contributed by atoms with E-state index >= 15 is 4.39 Å². The molecule has 15 heteroatoms. The number of alkyl halides is 4. The molecule has 43 heavy (non-hydrogen) atoms. The highest BCUT2D eigenvalue weighted by atomic mass is 32.1. The maximum absolute atomic E-state index is 15.4. The lowest BCUT2D eigenvalue weighted by Crippen LogP contribution is -2.53. The van der Waals surface area contributed by atoms with Gasteiger partial charge in [0.1, 0.15) is 6.17 Å². The first-order valence-corrected chi connectivity index (χ1v) is 14.9. The number of anilines is 1. The fourth-order valence-electron chi connectivity index (χ4n) is 6.52. The van der Waals surface area contributed by atoms with Crippen LogP contribution in [0.25, 0.3) is 20.8 Å². The predicted octanol–water partition coefficient (Wildman–Crippen LogP) is 4.70. The third-order valence-electron chi connectivity index (χ3n) is 8.63. The summed E-state index contributed by atoms with van der Waals surface area (Å²) in [7, 11) is 1.95. The number of hydrogen-bond donors (Lipinski definition) is 2. The average Bonchev–Trinajstić information content (AvgIpc) is 3.75. The second-order valence-electron chi connectivity index (χ2n) is 11.3. The van der Waals surface area contributed by atoms with E-state index in [2.05, 4.69) is 30.7 Å². The Morgan fingerprint density at radius 2 is 2.12 bits per heavy atom. The molecule has 7 rings (SSSR count). The molecule has 0 spiro atoms. The Bertz CT molecular complexity index is 1670. The Balaban J connectivity index is 1.15. The molecule has 0 aliphatic carbocycles. The highest BCUT2D eigenvalue weighted by Gasteiger charge is 2.46. The normalized spacial score (nSPS) is 23.9. The van der Waals surface area contributed by atoms with Crippen LogP contribution in [0, 0.1) is 0 Å². The summed E-state index contributed by atoms with van der Waals surface area (Å²) in [5.41, 5.74) is 1.40. The molecule has 0 radical (unpaired) electrons. The van der Waals surface area contributed by atoms with Crippen LogP contribution in [0.3, 0.4) is 0 Å². The van der Waals surface area contributed by atoms with Crippen LogP contribution in [0.2, 0.25) is 0 Å². The molecule has 1 aromatic carbocycles. The van der Waals surface area contributed by atoms with Crippen LogP contribution in [0.5, 0.6) is 0 Å². The quantitative estimate of drug-likeness (QED) is 0.287. The van der Waals surface area contributed by atoms with E-state index in [0.717, 1.165) is 29.9 Å². The van der Waals surface area contributed by atoms with Gasteiger partial charge in [-0.1, -0.05) is 17.3 Å². The van der Waals surface area contributed by atoms with Gasteiger partial charge in [0.25, 0.3) is 5.91 Å². The van der Waals surface area contributed by atoms with Gasteiger partial charge in [-0.15, -0.1) is 11.3 Å². The number of aromatic nitrogens is 4. The third-order valence-corrected chi connectivity index (χ3v) is 9.91. The highest BCUT2D eigenvalue weighted by molar-refractivity contribution is 7.23. The third kappa shape index (κ3) is 5.27. The second kappa shape index (κ2) is 10.9. The van der Waals surface area contributed by atoms with Crippen molar-refractivity contribution in [2.45, 2.75) is 75.9 Å². The molecule has 2 bridgehead atoms. The molecule has 4 aromatic rings. The Morgan fingerprint density at radius 3 is 2.95 bits per heavy atom. The number of amides is 1. The van der Waals surface area contributed by atoms with E-state index in [1.54, 1.807) is 29.0 Å². The van der Waals surface area contributed by atoms with E-state index in [9.17, 15) is 18.0 Å². The van der Waals surface area contributed by atoms with Gasteiger partial charge in [-0.25, -0.2) is 9.37 Å². The molecule has 0 unspecified atom stereocenters. The van der Waals surface area contributed by atoms with E-state index in [1.165, 1.54) is 0 Å². The van der Waals surface area contributed by atoms with Crippen molar-refractivity contribution in [1.29, 1.82) is 0 Å². The van der Waals surface area contributed by atoms with E-state index < -0.39 is 30.7 Å². The van der Waals surface area contributed by atoms with Crippen LogP contribution in [0.15, 0.2) is 28.9 Å². The van der Waals surface area contributed by atoms with Gasteiger partial charge in [0.05, 0.1) is 59.4 Å². The summed E-state index contributed by atoms with van der Waals surface area (Å²) in [5.74, 6) is -0.195. The number of benzene rings is 1. The number of thiophene rings is 1. The van der Waals surface area contributed by atoms with Gasteiger partial charge in [-0.2, -0.15) is 18.2 Å². The number of hydrogen-bond acceptors (Lipinski definition) is 9. The predicted molar refractivity (Wildman–Crippen MR) is 149 cm³/mol. The summed E-state index contributed by atoms with van der Waals surface area (Å²) in [6.07, 6.45) is -2.84. The van der Waals surface area contributed by atoms with E-state index in [-0.39, 0.29) is 46.6 Å². The molecule has 2 saturated heterocycles. The van der Waals surface area contributed by atoms with Crippen molar-refractivity contribution in [3.63, 3.8) is 0 Å². The van der Waals surface area contributed by atoms with E-state index in [0.29, 0.717) is 42.0 Å². The lowest BCUT2D eigenvalue weighted by molar-refractivity contribution is -0.126. The van der Waals surface area contributed by atoms with Crippen LogP contribution in [0.4, 0.5) is 23.2 Å². The van der Waals surface area contributed by atoms with Gasteiger partial charge in [0.2, 0.25) is 11.7 Å². The maximum atomic E-state index is 15.4. The van der Waals surface area contributed by atoms with Crippen molar-refractivity contribution in [3.8, 4) is 10.7 Å².